The molecule has 0 aliphatic rings. The Kier molecular flexibility index (Phi) is 4.68. The Labute approximate surface area is 117 Å². The molecule has 0 bridgehead atoms. The summed E-state index contributed by atoms with van der Waals surface area (Å²) in [5.74, 6) is 0.0811. The van der Waals surface area contributed by atoms with Gasteiger partial charge in [0, 0.05) is 25.8 Å². The number of nitrogens with one attached hydrogen (secondary N) is 2. The third kappa shape index (κ3) is 3.77. The van der Waals surface area contributed by atoms with Gasteiger partial charge in [-0.1, -0.05) is 13.8 Å². The second-order valence-corrected chi connectivity index (χ2v) is 5.20. The van der Waals surface area contributed by atoms with Crippen LogP contribution in [0.3, 0.4) is 0 Å². The van der Waals surface area contributed by atoms with E-state index in [0.717, 1.165) is 31.9 Å². The topological polar surface area (TPSA) is 93.3 Å². The van der Waals surface area contributed by atoms with Gasteiger partial charge in [-0.05, 0) is 18.4 Å². The zero-order valence-corrected chi connectivity index (χ0v) is 11.9. The number of nitrogen functional groups attached to an aromatic ring is 1. The fraction of sp³-hybridized carbons (Fsp3) is 0.500. The van der Waals surface area contributed by atoms with Crippen LogP contribution < -0.4 is 16.8 Å². The Morgan fingerprint density at radius 3 is 3.00 bits per heavy atom. The van der Waals surface area contributed by atoms with E-state index in [0.29, 0.717) is 22.7 Å². The number of hydrogen-bond acceptors (Lipinski definition) is 5. The van der Waals surface area contributed by atoms with E-state index in [1.807, 2.05) is 0 Å². The SMILES string of the molecule is CC(C)COCCCNc1cc2[nH]c(=O)oc2cc1N. The molecule has 0 radical (unpaired) electrons. The number of fused-ring (bicyclic) bond motifs is 1. The van der Waals surface area contributed by atoms with Gasteiger partial charge in [0.15, 0.2) is 5.58 Å². The molecule has 6 heteroatoms. The molecule has 1 aromatic carbocycles. The summed E-state index contributed by atoms with van der Waals surface area (Å²) >= 11 is 0. The fourth-order valence-electron chi connectivity index (χ4n) is 1.88. The van der Waals surface area contributed by atoms with Gasteiger partial charge < -0.3 is 20.2 Å². The minimum Gasteiger partial charge on any atom is -0.408 e. The molecule has 0 fully saturated rings. The summed E-state index contributed by atoms with van der Waals surface area (Å²) in [6.07, 6.45) is 0.895. The normalized spacial score (nSPS) is 11.3. The molecule has 0 unspecified atom stereocenters. The summed E-state index contributed by atoms with van der Waals surface area (Å²) in [5, 5.41) is 3.23. The van der Waals surface area contributed by atoms with Gasteiger partial charge in [-0.25, -0.2) is 4.79 Å². The minimum atomic E-state index is -0.473. The monoisotopic (exact) mass is 279 g/mol. The number of aromatic nitrogens is 1. The predicted molar refractivity (Wildman–Crippen MR) is 80.0 cm³/mol. The van der Waals surface area contributed by atoms with Crippen molar-refractivity contribution < 1.29 is 9.15 Å². The van der Waals surface area contributed by atoms with Crippen molar-refractivity contribution in [3.05, 3.63) is 22.7 Å². The van der Waals surface area contributed by atoms with Crippen LogP contribution in [0.5, 0.6) is 0 Å². The Hall–Kier alpha value is -1.95. The van der Waals surface area contributed by atoms with Crippen LogP contribution in [-0.2, 0) is 4.74 Å². The summed E-state index contributed by atoms with van der Waals surface area (Å²) in [6, 6.07) is 3.43. The van der Waals surface area contributed by atoms with Gasteiger partial charge in [0.25, 0.3) is 0 Å². The second-order valence-electron chi connectivity index (χ2n) is 5.20. The summed E-state index contributed by atoms with van der Waals surface area (Å²) in [7, 11) is 0. The van der Waals surface area contributed by atoms with E-state index in [4.69, 9.17) is 14.9 Å². The molecular formula is C14H21N3O3. The lowest BCUT2D eigenvalue weighted by Crippen LogP contribution is -2.09. The van der Waals surface area contributed by atoms with Crippen LogP contribution in [0.2, 0.25) is 0 Å². The van der Waals surface area contributed by atoms with Gasteiger partial charge in [0.1, 0.15) is 0 Å². The first-order valence-electron chi connectivity index (χ1n) is 6.80. The highest BCUT2D eigenvalue weighted by Crippen LogP contribution is 2.24. The van der Waals surface area contributed by atoms with Gasteiger partial charge in [-0.15, -0.1) is 0 Å². The van der Waals surface area contributed by atoms with Gasteiger partial charge in [0.05, 0.1) is 16.9 Å². The lowest BCUT2D eigenvalue weighted by Gasteiger charge is -2.10. The van der Waals surface area contributed by atoms with Crippen molar-refractivity contribution in [2.45, 2.75) is 20.3 Å². The summed E-state index contributed by atoms with van der Waals surface area (Å²) in [6.45, 7) is 6.51. The molecule has 0 aliphatic heterocycles. The number of nitrogens with two attached hydrogens (primary N) is 1. The number of anilines is 2. The average molecular weight is 279 g/mol. The maximum absolute atomic E-state index is 11.1. The van der Waals surface area contributed by atoms with Gasteiger partial charge >= 0.3 is 5.76 Å². The van der Waals surface area contributed by atoms with Crippen LogP contribution in [0.1, 0.15) is 20.3 Å². The minimum absolute atomic E-state index is 0.471. The van der Waals surface area contributed by atoms with Crippen LogP contribution in [0, 0.1) is 5.92 Å². The summed E-state index contributed by atoms with van der Waals surface area (Å²) < 4.78 is 10.4. The average Bonchev–Trinajstić information content (AvgIpc) is 2.72. The number of aromatic amines is 1. The van der Waals surface area contributed by atoms with Crippen molar-refractivity contribution in [3.8, 4) is 0 Å². The quantitative estimate of drug-likeness (QED) is 0.533. The Morgan fingerprint density at radius 2 is 2.25 bits per heavy atom. The molecule has 2 rings (SSSR count). The number of H-pyrrole nitrogens is 1. The van der Waals surface area contributed by atoms with E-state index in [1.165, 1.54) is 0 Å². The maximum atomic E-state index is 11.1. The Morgan fingerprint density at radius 1 is 1.45 bits per heavy atom. The molecule has 4 N–H and O–H groups in total. The van der Waals surface area contributed by atoms with Crippen molar-refractivity contribution in [2.75, 3.05) is 30.8 Å². The number of ether oxygens (including phenoxy) is 1. The molecule has 0 saturated heterocycles. The molecule has 0 saturated carbocycles. The third-order valence-electron chi connectivity index (χ3n) is 2.82. The lowest BCUT2D eigenvalue weighted by atomic mass is 10.2. The van der Waals surface area contributed by atoms with E-state index in [1.54, 1.807) is 12.1 Å². The molecule has 0 amide bonds. The number of hydrogen-bond donors (Lipinski definition) is 3. The summed E-state index contributed by atoms with van der Waals surface area (Å²) in [5.41, 5.74) is 8.37. The second kappa shape index (κ2) is 6.47. The standard InChI is InChI=1S/C14H21N3O3/c1-9(2)8-19-5-3-4-16-11-7-12-13(6-10(11)15)20-14(18)17-12/h6-7,9,16H,3-5,8,15H2,1-2H3,(H,17,18). The first-order valence-corrected chi connectivity index (χ1v) is 6.80. The number of benzene rings is 1. The fourth-order valence-corrected chi connectivity index (χ4v) is 1.88. The molecule has 0 spiro atoms. The van der Waals surface area contributed by atoms with Gasteiger partial charge in [-0.2, -0.15) is 0 Å². The van der Waals surface area contributed by atoms with Crippen LogP contribution in [-0.4, -0.2) is 24.7 Å². The van der Waals surface area contributed by atoms with Crippen LogP contribution >= 0.6 is 0 Å². The number of rotatable bonds is 7. The molecule has 20 heavy (non-hydrogen) atoms. The van der Waals surface area contributed by atoms with Crippen molar-refractivity contribution in [1.29, 1.82) is 0 Å². The summed E-state index contributed by atoms with van der Waals surface area (Å²) in [4.78, 5) is 13.7. The van der Waals surface area contributed by atoms with Crippen LogP contribution in [0.25, 0.3) is 11.1 Å². The molecule has 1 aromatic heterocycles. The molecule has 110 valence electrons. The maximum Gasteiger partial charge on any atom is 0.417 e. The van der Waals surface area contributed by atoms with Crippen molar-refractivity contribution in [1.82, 2.24) is 4.98 Å². The first-order chi connectivity index (χ1) is 9.56. The van der Waals surface area contributed by atoms with Crippen molar-refractivity contribution >= 4 is 22.5 Å². The zero-order chi connectivity index (χ0) is 14.5. The van der Waals surface area contributed by atoms with E-state index >= 15 is 0 Å². The zero-order valence-electron chi connectivity index (χ0n) is 11.9. The lowest BCUT2D eigenvalue weighted by molar-refractivity contribution is 0.110. The van der Waals surface area contributed by atoms with E-state index in [9.17, 15) is 4.79 Å². The molecule has 0 aliphatic carbocycles. The van der Waals surface area contributed by atoms with E-state index < -0.39 is 5.76 Å². The van der Waals surface area contributed by atoms with E-state index in [-0.39, 0.29) is 0 Å². The highest BCUT2D eigenvalue weighted by molar-refractivity contribution is 5.85. The van der Waals surface area contributed by atoms with E-state index in [2.05, 4.69) is 24.1 Å². The highest BCUT2D eigenvalue weighted by Gasteiger charge is 2.06. The first kappa shape index (κ1) is 14.5. The molecule has 1 heterocycles. The molecular weight excluding hydrogens is 258 g/mol. The highest BCUT2D eigenvalue weighted by atomic mass is 16.5. The predicted octanol–water partition coefficient (Wildman–Crippen LogP) is 2.18. The smallest absolute Gasteiger partial charge is 0.408 e. The van der Waals surface area contributed by atoms with Crippen molar-refractivity contribution in [2.24, 2.45) is 5.92 Å². The largest absolute Gasteiger partial charge is 0.417 e. The van der Waals surface area contributed by atoms with Crippen LogP contribution in [0.15, 0.2) is 21.3 Å². The van der Waals surface area contributed by atoms with Gasteiger partial charge in [-0.3, -0.25) is 4.98 Å². The Balaban J connectivity index is 1.86. The van der Waals surface area contributed by atoms with Crippen molar-refractivity contribution in [3.63, 3.8) is 0 Å². The number of oxazole rings is 1. The Bertz CT molecular complexity index is 616. The van der Waals surface area contributed by atoms with Gasteiger partial charge in [0.2, 0.25) is 0 Å². The third-order valence-corrected chi connectivity index (χ3v) is 2.82. The van der Waals surface area contributed by atoms with Crippen LogP contribution in [0.4, 0.5) is 11.4 Å². The molecule has 0 atom stereocenters. The molecule has 2 aromatic rings. The molecule has 6 nitrogen and oxygen atoms in total.